The van der Waals surface area contributed by atoms with Crippen molar-refractivity contribution in [2.45, 2.75) is 58.9 Å². The van der Waals surface area contributed by atoms with Crippen LogP contribution in [0.5, 0.6) is 0 Å². The van der Waals surface area contributed by atoms with Gasteiger partial charge in [0.2, 0.25) is 11.8 Å². The van der Waals surface area contributed by atoms with E-state index in [2.05, 4.69) is 0 Å². The molecular weight excluding hydrogens is 308 g/mol. The van der Waals surface area contributed by atoms with E-state index in [0.29, 0.717) is 19.5 Å². The molecule has 0 aromatic rings. The summed E-state index contributed by atoms with van der Waals surface area (Å²) in [4.78, 5) is 40.3. The summed E-state index contributed by atoms with van der Waals surface area (Å²) >= 11 is 0. The number of aliphatic carboxylic acids is 1. The number of nitrogens with zero attached hydrogens (tertiary/aromatic N) is 2. The van der Waals surface area contributed by atoms with E-state index in [0.717, 1.165) is 32.2 Å². The number of rotatable bonds is 4. The molecule has 0 aromatic heterocycles. The quantitative estimate of drug-likeness (QED) is 0.850. The third-order valence-electron chi connectivity index (χ3n) is 5.70. The van der Waals surface area contributed by atoms with Gasteiger partial charge in [0.25, 0.3) is 0 Å². The Kier molecular flexibility index (Phi) is 6.24. The maximum Gasteiger partial charge on any atom is 0.308 e. The van der Waals surface area contributed by atoms with E-state index in [1.54, 1.807) is 4.90 Å². The SMILES string of the molecule is CCC(C)C(=O)N1CCCC(C(=O)N2CCC[C@H](C(=O)O)[C@@H]2C)C1. The zero-order chi connectivity index (χ0) is 17.9. The van der Waals surface area contributed by atoms with Gasteiger partial charge in [-0.25, -0.2) is 0 Å². The summed E-state index contributed by atoms with van der Waals surface area (Å²) < 4.78 is 0. The number of carboxylic acids is 1. The molecule has 1 N–H and O–H groups in total. The summed E-state index contributed by atoms with van der Waals surface area (Å²) in [5, 5.41) is 9.33. The monoisotopic (exact) mass is 338 g/mol. The van der Waals surface area contributed by atoms with E-state index >= 15 is 0 Å². The summed E-state index contributed by atoms with van der Waals surface area (Å²) in [5.41, 5.74) is 0. The van der Waals surface area contributed by atoms with Gasteiger partial charge in [-0.3, -0.25) is 14.4 Å². The zero-order valence-electron chi connectivity index (χ0n) is 15.0. The highest BCUT2D eigenvalue weighted by Gasteiger charge is 2.39. The number of piperidine rings is 2. The van der Waals surface area contributed by atoms with Crippen molar-refractivity contribution in [3.8, 4) is 0 Å². The van der Waals surface area contributed by atoms with Gasteiger partial charge in [0.1, 0.15) is 0 Å². The van der Waals surface area contributed by atoms with Crippen LogP contribution in [0.4, 0.5) is 0 Å². The van der Waals surface area contributed by atoms with Crippen molar-refractivity contribution in [3.63, 3.8) is 0 Å². The first-order valence-corrected chi connectivity index (χ1v) is 9.18. The molecule has 0 saturated carbocycles. The van der Waals surface area contributed by atoms with Gasteiger partial charge in [-0.05, 0) is 39.0 Å². The average molecular weight is 338 g/mol. The van der Waals surface area contributed by atoms with Crippen LogP contribution in [0.3, 0.4) is 0 Å². The third-order valence-corrected chi connectivity index (χ3v) is 5.70. The number of amides is 2. The molecular formula is C18H30N2O4. The average Bonchev–Trinajstić information content (AvgIpc) is 2.59. The predicted molar refractivity (Wildman–Crippen MR) is 90.3 cm³/mol. The van der Waals surface area contributed by atoms with Crippen molar-refractivity contribution < 1.29 is 19.5 Å². The second-order valence-electron chi connectivity index (χ2n) is 7.29. The van der Waals surface area contributed by atoms with Gasteiger partial charge in [0.15, 0.2) is 0 Å². The van der Waals surface area contributed by atoms with E-state index < -0.39 is 11.9 Å². The normalized spacial score (nSPS) is 29.2. The van der Waals surface area contributed by atoms with Crippen LogP contribution in [-0.2, 0) is 14.4 Å². The minimum absolute atomic E-state index is 0.0100. The molecule has 0 bridgehead atoms. The Morgan fingerprint density at radius 2 is 1.83 bits per heavy atom. The van der Waals surface area contributed by atoms with Crippen molar-refractivity contribution >= 4 is 17.8 Å². The number of carbonyl (C=O) groups is 3. The zero-order valence-corrected chi connectivity index (χ0v) is 15.0. The van der Waals surface area contributed by atoms with Gasteiger partial charge in [0, 0.05) is 31.6 Å². The minimum atomic E-state index is -0.822. The van der Waals surface area contributed by atoms with Crippen LogP contribution >= 0.6 is 0 Å². The number of likely N-dealkylation sites (tertiary alicyclic amines) is 2. The Morgan fingerprint density at radius 1 is 1.17 bits per heavy atom. The van der Waals surface area contributed by atoms with Gasteiger partial charge in [-0.2, -0.15) is 0 Å². The Balaban J connectivity index is 2.03. The highest BCUT2D eigenvalue weighted by molar-refractivity contribution is 5.83. The Morgan fingerprint density at radius 3 is 2.46 bits per heavy atom. The van der Waals surface area contributed by atoms with Crippen molar-refractivity contribution in [2.24, 2.45) is 17.8 Å². The standard InChI is InChI=1S/C18H30N2O4/c1-4-12(2)16(21)19-9-5-7-14(11-19)17(22)20-10-6-8-15(13(20)3)18(23)24/h12-15H,4-11H2,1-3H3,(H,23,24)/t12?,13-,14?,15-/m0/s1. The largest absolute Gasteiger partial charge is 0.481 e. The molecule has 0 spiro atoms. The van der Waals surface area contributed by atoms with E-state index in [1.807, 2.05) is 25.7 Å². The summed E-state index contributed by atoms with van der Waals surface area (Å²) in [6, 6.07) is -0.274. The first-order valence-electron chi connectivity index (χ1n) is 9.18. The number of carbonyl (C=O) groups excluding carboxylic acids is 2. The minimum Gasteiger partial charge on any atom is -0.481 e. The number of hydrogen-bond donors (Lipinski definition) is 1. The van der Waals surface area contributed by atoms with Crippen LogP contribution in [0.25, 0.3) is 0 Å². The molecule has 24 heavy (non-hydrogen) atoms. The maximum absolute atomic E-state index is 12.9. The lowest BCUT2D eigenvalue weighted by molar-refractivity contribution is -0.151. The molecule has 2 amide bonds. The van der Waals surface area contributed by atoms with Crippen LogP contribution in [0.2, 0.25) is 0 Å². The van der Waals surface area contributed by atoms with Crippen molar-refractivity contribution in [1.82, 2.24) is 9.80 Å². The molecule has 2 saturated heterocycles. The fourth-order valence-corrected chi connectivity index (χ4v) is 3.88. The van der Waals surface area contributed by atoms with Crippen LogP contribution in [-0.4, -0.2) is 58.4 Å². The van der Waals surface area contributed by atoms with Gasteiger partial charge in [-0.1, -0.05) is 13.8 Å². The number of hydrogen-bond acceptors (Lipinski definition) is 3. The molecule has 4 atom stereocenters. The molecule has 2 rings (SSSR count). The summed E-state index contributed by atoms with van der Waals surface area (Å²) in [5.74, 6) is -1.35. The Labute approximate surface area is 144 Å². The van der Waals surface area contributed by atoms with Crippen molar-refractivity contribution in [3.05, 3.63) is 0 Å². The molecule has 2 aliphatic heterocycles. The van der Waals surface area contributed by atoms with E-state index in [-0.39, 0.29) is 29.7 Å². The topological polar surface area (TPSA) is 77.9 Å². The first kappa shape index (κ1) is 18.7. The second kappa shape index (κ2) is 7.99. The number of carboxylic acid groups (broad SMARTS) is 1. The van der Waals surface area contributed by atoms with Gasteiger partial charge in [-0.15, -0.1) is 0 Å². The summed E-state index contributed by atoms with van der Waals surface area (Å²) in [7, 11) is 0. The van der Waals surface area contributed by atoms with E-state index in [4.69, 9.17) is 0 Å². The molecule has 6 nitrogen and oxygen atoms in total. The molecule has 136 valence electrons. The first-order chi connectivity index (χ1) is 11.4. The molecule has 0 aliphatic carbocycles. The summed E-state index contributed by atoms with van der Waals surface area (Å²) in [6.45, 7) is 7.58. The van der Waals surface area contributed by atoms with Gasteiger partial charge in [0.05, 0.1) is 11.8 Å². The van der Waals surface area contributed by atoms with Gasteiger partial charge < -0.3 is 14.9 Å². The molecule has 0 aromatic carbocycles. The lowest BCUT2D eigenvalue weighted by Crippen LogP contribution is -2.54. The molecule has 0 radical (unpaired) electrons. The van der Waals surface area contributed by atoms with E-state index in [9.17, 15) is 19.5 Å². The Bertz CT molecular complexity index is 493. The lowest BCUT2D eigenvalue weighted by Gasteiger charge is -2.41. The molecule has 2 fully saturated rings. The smallest absolute Gasteiger partial charge is 0.308 e. The van der Waals surface area contributed by atoms with Crippen molar-refractivity contribution in [1.29, 1.82) is 0 Å². The van der Waals surface area contributed by atoms with Crippen molar-refractivity contribution in [2.75, 3.05) is 19.6 Å². The van der Waals surface area contributed by atoms with Crippen LogP contribution in [0.1, 0.15) is 52.9 Å². The highest BCUT2D eigenvalue weighted by Crippen LogP contribution is 2.28. The maximum atomic E-state index is 12.9. The fourth-order valence-electron chi connectivity index (χ4n) is 3.88. The Hall–Kier alpha value is -1.59. The molecule has 2 unspecified atom stereocenters. The second-order valence-corrected chi connectivity index (χ2v) is 7.29. The third kappa shape index (κ3) is 3.90. The lowest BCUT2D eigenvalue weighted by atomic mass is 9.87. The van der Waals surface area contributed by atoms with Crippen LogP contribution in [0, 0.1) is 17.8 Å². The molecule has 2 heterocycles. The molecule has 2 aliphatic rings. The summed E-state index contributed by atoms with van der Waals surface area (Å²) in [6.07, 6.45) is 3.78. The molecule has 6 heteroatoms. The van der Waals surface area contributed by atoms with Crippen LogP contribution < -0.4 is 0 Å². The fraction of sp³-hybridized carbons (Fsp3) is 0.833. The highest BCUT2D eigenvalue weighted by atomic mass is 16.4. The van der Waals surface area contributed by atoms with Gasteiger partial charge >= 0.3 is 5.97 Å². The predicted octanol–water partition coefficient (Wildman–Crippen LogP) is 1.98. The van der Waals surface area contributed by atoms with E-state index in [1.165, 1.54) is 0 Å². The van der Waals surface area contributed by atoms with Crippen LogP contribution in [0.15, 0.2) is 0 Å².